The summed E-state index contributed by atoms with van der Waals surface area (Å²) >= 11 is 5.56. The van der Waals surface area contributed by atoms with Gasteiger partial charge in [-0.2, -0.15) is 5.26 Å². The van der Waals surface area contributed by atoms with Gasteiger partial charge in [0.15, 0.2) is 0 Å². The SMILES string of the molecule is Cc1cc(=O)n(CC(Cl)C#N)cn1. The summed E-state index contributed by atoms with van der Waals surface area (Å²) in [4.78, 5) is 15.2. The second-order valence-corrected chi connectivity index (χ2v) is 3.14. The van der Waals surface area contributed by atoms with Crippen LogP contribution in [0.3, 0.4) is 0 Å². The highest BCUT2D eigenvalue weighted by atomic mass is 35.5. The van der Waals surface area contributed by atoms with E-state index in [4.69, 9.17) is 16.9 Å². The predicted octanol–water partition coefficient (Wildman–Crippen LogP) is 0.683. The van der Waals surface area contributed by atoms with Gasteiger partial charge in [-0.1, -0.05) is 0 Å². The molecule has 4 nitrogen and oxygen atoms in total. The van der Waals surface area contributed by atoms with E-state index in [1.54, 1.807) is 6.92 Å². The molecular weight excluding hydrogens is 190 g/mol. The second kappa shape index (κ2) is 4.06. The lowest BCUT2D eigenvalue weighted by atomic mass is 10.4. The molecule has 0 aliphatic heterocycles. The molecule has 0 fully saturated rings. The summed E-state index contributed by atoms with van der Waals surface area (Å²) in [6.45, 7) is 1.90. The average molecular weight is 198 g/mol. The summed E-state index contributed by atoms with van der Waals surface area (Å²) < 4.78 is 1.31. The number of rotatable bonds is 2. The first-order valence-corrected chi connectivity index (χ1v) is 4.14. The molecule has 0 aliphatic carbocycles. The van der Waals surface area contributed by atoms with Crippen LogP contribution in [0, 0.1) is 18.3 Å². The Balaban J connectivity index is 2.92. The van der Waals surface area contributed by atoms with Gasteiger partial charge in [-0.3, -0.25) is 9.36 Å². The first-order chi connectivity index (χ1) is 6.13. The van der Waals surface area contributed by atoms with E-state index >= 15 is 0 Å². The largest absolute Gasteiger partial charge is 0.297 e. The Hall–Kier alpha value is -1.34. The van der Waals surface area contributed by atoms with Crippen LogP contribution in [0.4, 0.5) is 0 Å². The molecule has 1 heterocycles. The lowest BCUT2D eigenvalue weighted by Gasteiger charge is -2.04. The van der Waals surface area contributed by atoms with Crippen LogP contribution in [0.2, 0.25) is 0 Å². The Bertz CT molecular complexity index is 393. The Morgan fingerprint density at radius 2 is 2.54 bits per heavy atom. The lowest BCUT2D eigenvalue weighted by Crippen LogP contribution is -2.23. The fraction of sp³-hybridized carbons (Fsp3) is 0.375. The molecule has 5 heteroatoms. The average Bonchev–Trinajstić information content (AvgIpc) is 2.09. The number of nitrogens with zero attached hydrogens (tertiary/aromatic N) is 3. The molecule has 1 unspecified atom stereocenters. The standard InChI is InChI=1S/C8H8ClN3O/c1-6-2-8(13)12(5-11-6)4-7(9)3-10/h2,5,7H,4H2,1H3. The highest BCUT2D eigenvalue weighted by molar-refractivity contribution is 6.22. The Labute approximate surface area is 80.4 Å². The summed E-state index contributed by atoms with van der Waals surface area (Å²) in [5.41, 5.74) is 0.470. The number of halogens is 1. The maximum Gasteiger partial charge on any atom is 0.253 e. The minimum Gasteiger partial charge on any atom is -0.297 e. The lowest BCUT2D eigenvalue weighted by molar-refractivity contribution is 0.670. The van der Waals surface area contributed by atoms with Crippen LogP contribution in [0.5, 0.6) is 0 Å². The summed E-state index contributed by atoms with van der Waals surface area (Å²) in [5, 5.41) is 7.73. The highest BCUT2D eigenvalue weighted by Crippen LogP contribution is 1.96. The minimum atomic E-state index is -0.692. The van der Waals surface area contributed by atoms with E-state index in [1.165, 1.54) is 17.0 Å². The zero-order valence-corrected chi connectivity index (χ0v) is 7.82. The van der Waals surface area contributed by atoms with Gasteiger partial charge >= 0.3 is 0 Å². The predicted molar refractivity (Wildman–Crippen MR) is 48.5 cm³/mol. The molecule has 0 spiro atoms. The molecule has 1 atom stereocenters. The number of nitriles is 1. The molecular formula is C8H8ClN3O. The first-order valence-electron chi connectivity index (χ1n) is 3.70. The Kier molecular flexibility index (Phi) is 3.04. The van der Waals surface area contributed by atoms with Crippen molar-refractivity contribution in [2.75, 3.05) is 0 Å². The van der Waals surface area contributed by atoms with Crippen molar-refractivity contribution >= 4 is 11.6 Å². The van der Waals surface area contributed by atoms with Crippen molar-refractivity contribution in [2.45, 2.75) is 18.8 Å². The summed E-state index contributed by atoms with van der Waals surface area (Å²) in [5.74, 6) is 0. The van der Waals surface area contributed by atoms with Crippen LogP contribution in [0.25, 0.3) is 0 Å². The van der Waals surface area contributed by atoms with Crippen molar-refractivity contribution in [1.29, 1.82) is 5.26 Å². The zero-order chi connectivity index (χ0) is 9.84. The summed E-state index contributed by atoms with van der Waals surface area (Å²) in [6.07, 6.45) is 1.39. The van der Waals surface area contributed by atoms with Crippen LogP contribution in [0.1, 0.15) is 5.69 Å². The molecule has 68 valence electrons. The molecule has 1 aromatic heterocycles. The van der Waals surface area contributed by atoms with Crippen molar-refractivity contribution in [3.8, 4) is 6.07 Å². The maximum atomic E-state index is 11.2. The molecule has 0 amide bonds. The van der Waals surface area contributed by atoms with Gasteiger partial charge in [-0.05, 0) is 6.92 Å². The Morgan fingerprint density at radius 3 is 3.08 bits per heavy atom. The second-order valence-electron chi connectivity index (χ2n) is 2.62. The minimum absolute atomic E-state index is 0.171. The van der Waals surface area contributed by atoms with Crippen LogP contribution < -0.4 is 5.56 Å². The van der Waals surface area contributed by atoms with E-state index in [0.29, 0.717) is 5.69 Å². The molecule has 1 aromatic rings. The van der Waals surface area contributed by atoms with Crippen molar-refractivity contribution in [2.24, 2.45) is 0 Å². The molecule has 0 radical (unpaired) electrons. The van der Waals surface area contributed by atoms with Crippen molar-refractivity contribution in [3.05, 3.63) is 28.4 Å². The van der Waals surface area contributed by atoms with Crippen LogP contribution >= 0.6 is 11.6 Å². The third-order valence-electron chi connectivity index (χ3n) is 1.51. The van der Waals surface area contributed by atoms with Gasteiger partial charge < -0.3 is 0 Å². The van der Waals surface area contributed by atoms with E-state index in [-0.39, 0.29) is 12.1 Å². The number of aryl methyl sites for hydroxylation is 1. The van der Waals surface area contributed by atoms with Gasteiger partial charge in [-0.25, -0.2) is 4.98 Å². The van der Waals surface area contributed by atoms with Gasteiger partial charge in [0, 0.05) is 11.8 Å². The molecule has 13 heavy (non-hydrogen) atoms. The van der Waals surface area contributed by atoms with E-state index in [0.717, 1.165) is 0 Å². The van der Waals surface area contributed by atoms with Crippen LogP contribution in [-0.4, -0.2) is 14.9 Å². The molecule has 1 rings (SSSR count). The van der Waals surface area contributed by atoms with Gasteiger partial charge in [0.2, 0.25) is 0 Å². The Morgan fingerprint density at radius 1 is 1.85 bits per heavy atom. The van der Waals surface area contributed by atoms with Gasteiger partial charge in [0.05, 0.1) is 18.9 Å². The third-order valence-corrected chi connectivity index (χ3v) is 1.75. The molecule has 0 bridgehead atoms. The molecule has 0 N–H and O–H groups in total. The topological polar surface area (TPSA) is 58.7 Å². The van der Waals surface area contributed by atoms with Crippen molar-refractivity contribution in [1.82, 2.24) is 9.55 Å². The fourth-order valence-corrected chi connectivity index (χ4v) is 1.02. The molecule has 0 aliphatic rings. The smallest absolute Gasteiger partial charge is 0.253 e. The number of alkyl halides is 1. The highest BCUT2D eigenvalue weighted by Gasteiger charge is 2.04. The zero-order valence-electron chi connectivity index (χ0n) is 7.07. The summed E-state index contributed by atoms with van der Waals surface area (Å²) in [7, 11) is 0. The maximum absolute atomic E-state index is 11.2. The van der Waals surface area contributed by atoms with E-state index < -0.39 is 5.38 Å². The molecule has 0 aromatic carbocycles. The van der Waals surface area contributed by atoms with Gasteiger partial charge in [-0.15, -0.1) is 11.6 Å². The van der Waals surface area contributed by atoms with Gasteiger partial charge in [0.1, 0.15) is 5.38 Å². The molecule has 0 saturated carbocycles. The van der Waals surface area contributed by atoms with Crippen LogP contribution in [0.15, 0.2) is 17.2 Å². The number of aromatic nitrogens is 2. The molecule has 0 saturated heterocycles. The first kappa shape index (κ1) is 9.75. The van der Waals surface area contributed by atoms with E-state index in [9.17, 15) is 4.79 Å². The number of hydrogen-bond donors (Lipinski definition) is 0. The van der Waals surface area contributed by atoms with E-state index in [1.807, 2.05) is 6.07 Å². The van der Waals surface area contributed by atoms with Crippen molar-refractivity contribution < 1.29 is 0 Å². The summed E-state index contributed by atoms with van der Waals surface area (Å²) in [6, 6.07) is 3.24. The van der Waals surface area contributed by atoms with Crippen LogP contribution in [-0.2, 0) is 6.54 Å². The third kappa shape index (κ3) is 2.56. The number of hydrogen-bond acceptors (Lipinski definition) is 3. The fourth-order valence-electron chi connectivity index (χ4n) is 0.867. The van der Waals surface area contributed by atoms with Crippen molar-refractivity contribution in [3.63, 3.8) is 0 Å². The normalized spacial score (nSPS) is 12.1. The van der Waals surface area contributed by atoms with Gasteiger partial charge in [0.25, 0.3) is 5.56 Å². The quantitative estimate of drug-likeness (QED) is 0.656. The monoisotopic (exact) mass is 197 g/mol. The van der Waals surface area contributed by atoms with E-state index in [2.05, 4.69) is 4.98 Å².